The maximum Gasteiger partial charge on any atom is 0.273 e. The van der Waals surface area contributed by atoms with Crippen molar-refractivity contribution in [2.45, 2.75) is 6.92 Å². The van der Waals surface area contributed by atoms with Crippen LogP contribution in [0.2, 0.25) is 0 Å². The van der Waals surface area contributed by atoms with Crippen molar-refractivity contribution in [2.24, 2.45) is 0 Å². The molecule has 7 heteroatoms. The molecule has 5 nitrogen and oxygen atoms in total. The van der Waals surface area contributed by atoms with Crippen molar-refractivity contribution in [1.82, 2.24) is 10.2 Å². The Labute approximate surface area is 146 Å². The van der Waals surface area contributed by atoms with Crippen LogP contribution in [0.4, 0.5) is 5.13 Å². The number of hydrogen-bond donors (Lipinski definition) is 1. The van der Waals surface area contributed by atoms with Gasteiger partial charge in [-0.2, -0.15) is 0 Å². The van der Waals surface area contributed by atoms with E-state index in [1.165, 1.54) is 16.2 Å². The normalized spacial score (nSPS) is 16.5. The number of thioether (sulfide) groups is 1. The third kappa shape index (κ3) is 2.51. The summed E-state index contributed by atoms with van der Waals surface area (Å²) in [4.78, 5) is 14.5. The zero-order valence-electron chi connectivity index (χ0n) is 12.7. The van der Waals surface area contributed by atoms with Crippen LogP contribution in [0.15, 0.2) is 47.4 Å². The van der Waals surface area contributed by atoms with Gasteiger partial charge in [-0.3, -0.25) is 10.2 Å². The predicted octanol–water partition coefficient (Wildman–Crippen LogP) is 4.06. The second-order valence-corrected chi connectivity index (χ2v) is 7.42. The molecule has 0 saturated carbocycles. The molecule has 0 bridgehead atoms. The van der Waals surface area contributed by atoms with Crippen molar-refractivity contribution in [3.8, 4) is 0 Å². The fourth-order valence-electron chi connectivity index (χ4n) is 2.55. The smallest absolute Gasteiger partial charge is 0.273 e. The van der Waals surface area contributed by atoms with Crippen LogP contribution in [-0.4, -0.2) is 21.3 Å². The number of fused-ring (bicyclic) bond motifs is 1. The zero-order valence-corrected chi connectivity index (χ0v) is 14.3. The number of rotatable bonds is 2. The number of anilines is 1. The molecule has 24 heavy (non-hydrogen) atoms. The third-order valence-electron chi connectivity index (χ3n) is 3.64. The van der Waals surface area contributed by atoms with Gasteiger partial charge in [0, 0.05) is 0 Å². The van der Waals surface area contributed by atoms with Crippen LogP contribution >= 0.6 is 23.1 Å². The summed E-state index contributed by atoms with van der Waals surface area (Å²) in [7, 11) is 0. The number of benzene rings is 2. The summed E-state index contributed by atoms with van der Waals surface area (Å²) in [6.07, 6.45) is 1.85. The van der Waals surface area contributed by atoms with Crippen LogP contribution < -0.4 is 4.90 Å². The Morgan fingerprint density at radius 1 is 1.12 bits per heavy atom. The summed E-state index contributed by atoms with van der Waals surface area (Å²) in [6, 6.07) is 14.0. The first-order valence-corrected chi connectivity index (χ1v) is 8.87. The van der Waals surface area contributed by atoms with Crippen molar-refractivity contribution in [1.29, 1.82) is 5.41 Å². The minimum Gasteiger partial charge on any atom is -0.278 e. The van der Waals surface area contributed by atoms with E-state index in [1.54, 1.807) is 0 Å². The van der Waals surface area contributed by atoms with E-state index in [4.69, 9.17) is 5.41 Å². The van der Waals surface area contributed by atoms with Gasteiger partial charge in [-0.1, -0.05) is 53.8 Å². The molecule has 3 aromatic rings. The van der Waals surface area contributed by atoms with Gasteiger partial charge < -0.3 is 0 Å². The van der Waals surface area contributed by atoms with Crippen molar-refractivity contribution >= 4 is 56.2 Å². The van der Waals surface area contributed by atoms with E-state index in [9.17, 15) is 4.79 Å². The zero-order chi connectivity index (χ0) is 16.7. The largest absolute Gasteiger partial charge is 0.278 e. The summed E-state index contributed by atoms with van der Waals surface area (Å²) in [5.41, 5.74) is 0.965. The molecule has 2 heterocycles. The van der Waals surface area contributed by atoms with Gasteiger partial charge in [0.25, 0.3) is 5.91 Å². The van der Waals surface area contributed by atoms with E-state index >= 15 is 0 Å². The minimum absolute atomic E-state index is 0.155. The first-order valence-electron chi connectivity index (χ1n) is 7.24. The number of aryl methyl sites for hydroxylation is 1. The molecule has 1 aliphatic rings. The maximum absolute atomic E-state index is 12.7. The number of carbonyl (C=O) groups excluding carboxylic acids is 1. The van der Waals surface area contributed by atoms with Crippen LogP contribution in [0, 0.1) is 12.3 Å². The highest BCUT2D eigenvalue weighted by atomic mass is 32.2. The topological polar surface area (TPSA) is 69.9 Å². The van der Waals surface area contributed by atoms with E-state index in [1.807, 2.05) is 55.5 Å². The Balaban J connectivity index is 1.75. The number of hydrogen-bond acceptors (Lipinski definition) is 6. The SMILES string of the molecule is Cc1nnc(N2C(=N)S/C(=C\c3cccc4ccccc34)C2=O)s1. The maximum atomic E-state index is 12.7. The molecule has 1 aromatic heterocycles. The average molecular weight is 352 g/mol. The summed E-state index contributed by atoms with van der Waals surface area (Å²) in [6.45, 7) is 1.82. The van der Waals surface area contributed by atoms with E-state index in [2.05, 4.69) is 10.2 Å². The van der Waals surface area contributed by atoms with Crippen LogP contribution in [0.1, 0.15) is 10.6 Å². The molecule has 1 aliphatic heterocycles. The number of amidine groups is 1. The summed E-state index contributed by atoms with van der Waals surface area (Å²) >= 11 is 2.45. The molecule has 1 saturated heterocycles. The lowest BCUT2D eigenvalue weighted by Gasteiger charge is -2.08. The van der Waals surface area contributed by atoms with Crippen molar-refractivity contribution in [3.05, 3.63) is 57.9 Å². The molecule has 0 aliphatic carbocycles. The average Bonchev–Trinajstić information content (AvgIpc) is 3.11. The quantitative estimate of drug-likeness (QED) is 0.706. The van der Waals surface area contributed by atoms with Crippen LogP contribution in [0.3, 0.4) is 0 Å². The fraction of sp³-hybridized carbons (Fsp3) is 0.0588. The van der Waals surface area contributed by atoms with Gasteiger partial charge in [0.1, 0.15) is 5.01 Å². The fourth-order valence-corrected chi connectivity index (χ4v) is 4.14. The molecule has 118 valence electrons. The van der Waals surface area contributed by atoms with E-state index < -0.39 is 0 Å². The Hall–Kier alpha value is -2.51. The molecular weight excluding hydrogens is 340 g/mol. The Bertz CT molecular complexity index is 1000. The highest BCUT2D eigenvalue weighted by Gasteiger charge is 2.35. The Morgan fingerprint density at radius 2 is 1.92 bits per heavy atom. The Kier molecular flexibility index (Phi) is 3.66. The molecule has 4 rings (SSSR count). The molecule has 0 atom stereocenters. The van der Waals surface area contributed by atoms with Crippen LogP contribution in [0.5, 0.6) is 0 Å². The van der Waals surface area contributed by atoms with Gasteiger partial charge in [0.15, 0.2) is 5.17 Å². The molecule has 0 spiro atoms. The lowest BCUT2D eigenvalue weighted by atomic mass is 10.0. The molecule has 0 radical (unpaired) electrons. The van der Waals surface area contributed by atoms with Gasteiger partial charge in [0.05, 0.1) is 4.91 Å². The number of carbonyl (C=O) groups is 1. The lowest BCUT2D eigenvalue weighted by Crippen LogP contribution is -2.27. The molecule has 1 amide bonds. The van der Waals surface area contributed by atoms with Crippen molar-refractivity contribution < 1.29 is 4.79 Å². The van der Waals surface area contributed by atoms with Crippen molar-refractivity contribution in [2.75, 3.05) is 4.90 Å². The predicted molar refractivity (Wildman–Crippen MR) is 99.4 cm³/mol. The first kappa shape index (κ1) is 15.0. The third-order valence-corrected chi connectivity index (χ3v) is 5.35. The molecule has 1 fully saturated rings. The summed E-state index contributed by atoms with van der Waals surface area (Å²) in [5, 5.41) is 19.6. The monoisotopic (exact) mass is 352 g/mol. The van der Waals surface area contributed by atoms with E-state index in [0.29, 0.717) is 10.0 Å². The molecular formula is C17H12N4OS2. The lowest BCUT2D eigenvalue weighted by molar-refractivity contribution is -0.113. The second-order valence-electron chi connectivity index (χ2n) is 5.23. The van der Waals surface area contributed by atoms with Gasteiger partial charge in [0.2, 0.25) is 5.13 Å². The number of aromatic nitrogens is 2. The summed E-state index contributed by atoms with van der Waals surface area (Å²) < 4.78 is 0. The van der Waals surface area contributed by atoms with Crippen molar-refractivity contribution in [3.63, 3.8) is 0 Å². The first-order chi connectivity index (χ1) is 11.6. The standard InChI is InChI=1S/C17H12N4OS2/c1-10-19-20-17(23-10)21-15(22)14(24-16(21)18)9-12-7-4-6-11-5-2-3-8-13(11)12/h2-9,18H,1H3/b14-9-,18-16?. The highest BCUT2D eigenvalue weighted by Crippen LogP contribution is 2.36. The molecule has 0 unspecified atom stereocenters. The molecule has 1 N–H and O–H groups in total. The van der Waals surface area contributed by atoms with Crippen LogP contribution in [-0.2, 0) is 4.79 Å². The van der Waals surface area contributed by atoms with E-state index in [-0.39, 0.29) is 11.1 Å². The minimum atomic E-state index is -0.228. The summed E-state index contributed by atoms with van der Waals surface area (Å²) in [5.74, 6) is -0.228. The number of nitrogens with zero attached hydrogens (tertiary/aromatic N) is 3. The van der Waals surface area contributed by atoms with E-state index in [0.717, 1.165) is 33.1 Å². The van der Waals surface area contributed by atoms with Gasteiger partial charge in [-0.15, -0.1) is 10.2 Å². The molecule has 2 aromatic carbocycles. The van der Waals surface area contributed by atoms with Gasteiger partial charge in [-0.25, -0.2) is 4.90 Å². The highest BCUT2D eigenvalue weighted by molar-refractivity contribution is 8.19. The van der Waals surface area contributed by atoms with Crippen LogP contribution in [0.25, 0.3) is 16.8 Å². The second kappa shape index (κ2) is 5.85. The Morgan fingerprint density at radius 3 is 2.71 bits per heavy atom. The number of nitrogens with one attached hydrogen (secondary N) is 1. The van der Waals surface area contributed by atoms with Gasteiger partial charge in [-0.05, 0) is 41.1 Å². The van der Waals surface area contributed by atoms with Gasteiger partial charge >= 0.3 is 0 Å². The number of amides is 1.